The van der Waals surface area contributed by atoms with Crippen LogP contribution in [0, 0.1) is 0 Å². The minimum atomic E-state index is -3.37. The molecule has 6 nitrogen and oxygen atoms in total. The van der Waals surface area contributed by atoms with Gasteiger partial charge in [-0.25, -0.2) is 8.42 Å². The molecule has 138 valence electrons. The van der Waals surface area contributed by atoms with Crippen molar-refractivity contribution in [1.82, 2.24) is 9.62 Å². The Kier molecular flexibility index (Phi) is 6.38. The second-order valence-electron chi connectivity index (χ2n) is 6.31. The van der Waals surface area contributed by atoms with Crippen molar-refractivity contribution in [3.63, 3.8) is 0 Å². The lowest BCUT2D eigenvalue weighted by Crippen LogP contribution is -2.32. The number of nitrogens with one attached hydrogen (secondary N) is 1. The molecule has 25 heavy (non-hydrogen) atoms. The number of benzene rings is 1. The second kappa shape index (κ2) is 8.53. The fourth-order valence-corrected chi connectivity index (χ4v) is 5.26. The molecule has 1 N–H and O–H groups in total. The lowest BCUT2D eigenvalue weighted by atomic mass is 10.2. The average molecular weight is 385 g/mol. The summed E-state index contributed by atoms with van der Waals surface area (Å²) in [6.07, 6.45) is 4.05. The molecule has 0 aromatic heterocycles. The largest absolute Gasteiger partial charge is 0.376 e. The quantitative estimate of drug-likeness (QED) is 0.726. The van der Waals surface area contributed by atoms with E-state index in [2.05, 4.69) is 5.32 Å². The van der Waals surface area contributed by atoms with E-state index in [1.165, 1.54) is 16.1 Å². The SMILES string of the molecule is O=C(CSc1ccc(S(=O)(=O)N2CCCC2)cc1)NCC1CCCO1. The number of hydrogen-bond acceptors (Lipinski definition) is 5. The molecule has 8 heteroatoms. The molecule has 1 aromatic carbocycles. The number of carbonyl (C=O) groups is 1. The second-order valence-corrected chi connectivity index (χ2v) is 9.30. The first kappa shape index (κ1) is 18.7. The molecular weight excluding hydrogens is 360 g/mol. The smallest absolute Gasteiger partial charge is 0.243 e. The summed E-state index contributed by atoms with van der Waals surface area (Å²) in [5.41, 5.74) is 0. The third kappa shape index (κ3) is 4.97. The summed E-state index contributed by atoms with van der Waals surface area (Å²) < 4.78 is 31.9. The van der Waals surface area contributed by atoms with Gasteiger partial charge in [0, 0.05) is 31.1 Å². The van der Waals surface area contributed by atoms with Crippen molar-refractivity contribution in [3.05, 3.63) is 24.3 Å². The number of carbonyl (C=O) groups excluding carboxylic acids is 1. The van der Waals surface area contributed by atoms with E-state index in [-0.39, 0.29) is 12.0 Å². The monoisotopic (exact) mass is 384 g/mol. The zero-order valence-electron chi connectivity index (χ0n) is 14.1. The predicted molar refractivity (Wildman–Crippen MR) is 97.1 cm³/mol. The Morgan fingerprint density at radius 1 is 1.20 bits per heavy atom. The van der Waals surface area contributed by atoms with Crippen LogP contribution in [0.5, 0.6) is 0 Å². The predicted octanol–water partition coefficient (Wildman–Crippen LogP) is 1.86. The van der Waals surface area contributed by atoms with Crippen LogP contribution in [0.4, 0.5) is 0 Å². The summed E-state index contributed by atoms with van der Waals surface area (Å²) >= 11 is 1.40. The Bertz CT molecular complexity index is 679. The topological polar surface area (TPSA) is 75.7 Å². The fraction of sp³-hybridized carbons (Fsp3) is 0.588. The molecule has 2 aliphatic rings. The van der Waals surface area contributed by atoms with E-state index >= 15 is 0 Å². The van der Waals surface area contributed by atoms with Gasteiger partial charge in [-0.1, -0.05) is 0 Å². The molecule has 2 aliphatic heterocycles. The van der Waals surface area contributed by atoms with Gasteiger partial charge in [0.05, 0.1) is 16.8 Å². The Balaban J connectivity index is 1.48. The van der Waals surface area contributed by atoms with Gasteiger partial charge in [-0.3, -0.25) is 4.79 Å². The fourth-order valence-electron chi connectivity index (χ4n) is 3.02. The molecular formula is C17H24N2O4S2. The minimum Gasteiger partial charge on any atom is -0.376 e. The standard InChI is InChI=1S/C17H24N2O4S2/c20-17(18-12-14-4-3-11-23-14)13-24-15-5-7-16(8-6-15)25(21,22)19-9-1-2-10-19/h5-8,14H,1-4,9-13H2,(H,18,20). The summed E-state index contributed by atoms with van der Waals surface area (Å²) in [5.74, 6) is 0.277. The van der Waals surface area contributed by atoms with Crippen LogP contribution in [0.25, 0.3) is 0 Å². The lowest BCUT2D eigenvalue weighted by molar-refractivity contribution is -0.119. The van der Waals surface area contributed by atoms with Crippen LogP contribution in [-0.2, 0) is 19.6 Å². The van der Waals surface area contributed by atoms with Crippen molar-refractivity contribution in [3.8, 4) is 0 Å². The summed E-state index contributed by atoms with van der Waals surface area (Å²) in [7, 11) is -3.37. The van der Waals surface area contributed by atoms with Gasteiger partial charge in [-0.2, -0.15) is 4.31 Å². The van der Waals surface area contributed by atoms with Crippen LogP contribution in [0.3, 0.4) is 0 Å². The third-order valence-corrected chi connectivity index (χ3v) is 7.37. The maximum Gasteiger partial charge on any atom is 0.243 e. The van der Waals surface area contributed by atoms with Gasteiger partial charge in [-0.15, -0.1) is 11.8 Å². The highest BCUT2D eigenvalue weighted by atomic mass is 32.2. The van der Waals surface area contributed by atoms with Crippen molar-refractivity contribution in [1.29, 1.82) is 0 Å². The van der Waals surface area contributed by atoms with Crippen molar-refractivity contribution in [2.45, 2.75) is 41.6 Å². The molecule has 1 unspecified atom stereocenters. The molecule has 2 fully saturated rings. The van der Waals surface area contributed by atoms with E-state index in [9.17, 15) is 13.2 Å². The van der Waals surface area contributed by atoms with E-state index < -0.39 is 10.0 Å². The van der Waals surface area contributed by atoms with Crippen molar-refractivity contribution < 1.29 is 17.9 Å². The lowest BCUT2D eigenvalue weighted by Gasteiger charge is -2.15. The maximum atomic E-state index is 12.5. The van der Waals surface area contributed by atoms with Crippen LogP contribution >= 0.6 is 11.8 Å². The van der Waals surface area contributed by atoms with Gasteiger partial charge in [0.2, 0.25) is 15.9 Å². The first-order valence-corrected chi connectivity index (χ1v) is 11.1. The molecule has 2 saturated heterocycles. The molecule has 0 spiro atoms. The Hall–Kier alpha value is -1.09. The summed E-state index contributed by atoms with van der Waals surface area (Å²) in [5, 5.41) is 2.88. The molecule has 0 saturated carbocycles. The van der Waals surface area contributed by atoms with Crippen molar-refractivity contribution >= 4 is 27.7 Å². The number of amides is 1. The van der Waals surface area contributed by atoms with E-state index in [0.29, 0.717) is 30.3 Å². The normalized spacial score (nSPS) is 21.5. The molecule has 0 radical (unpaired) electrons. The Labute approximate surface area is 153 Å². The molecule has 2 heterocycles. The first-order chi connectivity index (χ1) is 12.1. The highest BCUT2D eigenvalue weighted by Crippen LogP contribution is 2.24. The molecule has 1 aromatic rings. The van der Waals surface area contributed by atoms with Gasteiger partial charge in [0.1, 0.15) is 0 Å². The van der Waals surface area contributed by atoms with E-state index in [4.69, 9.17) is 4.74 Å². The highest BCUT2D eigenvalue weighted by Gasteiger charge is 2.26. The number of thioether (sulfide) groups is 1. The van der Waals surface area contributed by atoms with E-state index in [1.807, 2.05) is 0 Å². The molecule has 0 bridgehead atoms. The van der Waals surface area contributed by atoms with Crippen molar-refractivity contribution in [2.75, 3.05) is 32.0 Å². The van der Waals surface area contributed by atoms with Gasteiger partial charge < -0.3 is 10.1 Å². The van der Waals surface area contributed by atoms with E-state index in [1.54, 1.807) is 24.3 Å². The molecule has 3 rings (SSSR count). The third-order valence-electron chi connectivity index (χ3n) is 4.45. The van der Waals surface area contributed by atoms with Gasteiger partial charge in [0.25, 0.3) is 0 Å². The number of rotatable bonds is 7. The van der Waals surface area contributed by atoms with Crippen LogP contribution in [0.1, 0.15) is 25.7 Å². The zero-order chi connectivity index (χ0) is 17.7. The molecule has 0 aliphatic carbocycles. The average Bonchev–Trinajstić information content (AvgIpc) is 3.32. The Morgan fingerprint density at radius 3 is 2.56 bits per heavy atom. The molecule has 1 amide bonds. The van der Waals surface area contributed by atoms with Gasteiger partial charge in [-0.05, 0) is 49.9 Å². The number of nitrogens with zero attached hydrogens (tertiary/aromatic N) is 1. The molecule has 1 atom stereocenters. The van der Waals surface area contributed by atoms with Gasteiger partial charge in [0.15, 0.2) is 0 Å². The van der Waals surface area contributed by atoms with Crippen molar-refractivity contribution in [2.24, 2.45) is 0 Å². The van der Waals surface area contributed by atoms with Gasteiger partial charge >= 0.3 is 0 Å². The zero-order valence-corrected chi connectivity index (χ0v) is 15.8. The first-order valence-electron chi connectivity index (χ1n) is 8.67. The summed E-state index contributed by atoms with van der Waals surface area (Å²) in [4.78, 5) is 13.1. The minimum absolute atomic E-state index is 0.0331. The summed E-state index contributed by atoms with van der Waals surface area (Å²) in [6.45, 7) is 2.54. The van der Waals surface area contributed by atoms with Crippen LogP contribution in [-0.4, -0.2) is 56.7 Å². The Morgan fingerprint density at radius 2 is 1.92 bits per heavy atom. The summed E-state index contributed by atoms with van der Waals surface area (Å²) in [6, 6.07) is 6.78. The highest BCUT2D eigenvalue weighted by molar-refractivity contribution is 8.00. The number of sulfonamides is 1. The maximum absolute atomic E-state index is 12.5. The number of hydrogen-bond donors (Lipinski definition) is 1. The van der Waals surface area contributed by atoms with Crippen LogP contribution in [0.2, 0.25) is 0 Å². The van der Waals surface area contributed by atoms with E-state index in [0.717, 1.165) is 37.2 Å². The van der Waals surface area contributed by atoms with Crippen LogP contribution < -0.4 is 5.32 Å². The number of ether oxygens (including phenoxy) is 1. The van der Waals surface area contributed by atoms with Crippen LogP contribution in [0.15, 0.2) is 34.1 Å².